The van der Waals surface area contributed by atoms with Gasteiger partial charge in [-0.2, -0.15) is 0 Å². The summed E-state index contributed by atoms with van der Waals surface area (Å²) in [5.41, 5.74) is 8.74. The number of hydrogen-bond acceptors (Lipinski definition) is 2. The van der Waals surface area contributed by atoms with Crippen LogP contribution in [-0.2, 0) is 0 Å². The predicted molar refractivity (Wildman–Crippen MR) is 81.6 cm³/mol. The van der Waals surface area contributed by atoms with Crippen LogP contribution in [0.3, 0.4) is 0 Å². The molecule has 1 unspecified atom stereocenters. The fourth-order valence-corrected chi connectivity index (χ4v) is 3.87. The van der Waals surface area contributed by atoms with Crippen LogP contribution in [0.25, 0.3) is 0 Å². The Labute approximate surface area is 117 Å². The van der Waals surface area contributed by atoms with E-state index in [1.165, 1.54) is 50.9 Å². The molecule has 1 heterocycles. The van der Waals surface area contributed by atoms with Gasteiger partial charge in [0.2, 0.25) is 0 Å². The van der Waals surface area contributed by atoms with E-state index in [4.69, 9.17) is 5.73 Å². The summed E-state index contributed by atoms with van der Waals surface area (Å²) in [5.74, 6) is 1.64. The van der Waals surface area contributed by atoms with E-state index in [9.17, 15) is 0 Å². The summed E-state index contributed by atoms with van der Waals surface area (Å²) in [6.07, 6.45) is 8.15. The van der Waals surface area contributed by atoms with Crippen molar-refractivity contribution in [3.63, 3.8) is 0 Å². The quantitative estimate of drug-likeness (QED) is 0.875. The van der Waals surface area contributed by atoms with E-state index in [1.807, 2.05) is 0 Å². The van der Waals surface area contributed by atoms with Gasteiger partial charge in [0.15, 0.2) is 0 Å². The van der Waals surface area contributed by atoms with Crippen molar-refractivity contribution in [3.8, 4) is 0 Å². The fraction of sp³-hybridized carbons (Fsp3) is 0.647. The second-order valence-electron chi connectivity index (χ2n) is 6.24. The largest absolute Gasteiger partial charge is 0.370 e. The highest BCUT2D eigenvalue weighted by atomic mass is 15.2. The summed E-state index contributed by atoms with van der Waals surface area (Å²) in [5, 5.41) is 0. The Morgan fingerprint density at radius 3 is 2.74 bits per heavy atom. The van der Waals surface area contributed by atoms with Crippen LogP contribution in [0.5, 0.6) is 0 Å². The Morgan fingerprint density at radius 2 is 1.95 bits per heavy atom. The van der Waals surface area contributed by atoms with Crippen LogP contribution < -0.4 is 10.6 Å². The van der Waals surface area contributed by atoms with Crippen LogP contribution in [0.4, 0.5) is 5.69 Å². The van der Waals surface area contributed by atoms with Gasteiger partial charge in [-0.25, -0.2) is 0 Å². The molecule has 2 heteroatoms. The SMILES string of the molecule is NCCCC1CN(CC2CCCC2)c2ccccc21. The van der Waals surface area contributed by atoms with E-state index < -0.39 is 0 Å². The number of rotatable bonds is 5. The minimum atomic E-state index is 0.709. The Morgan fingerprint density at radius 1 is 1.16 bits per heavy atom. The minimum absolute atomic E-state index is 0.709. The predicted octanol–water partition coefficient (Wildman–Crippen LogP) is 3.52. The molecule has 1 aromatic carbocycles. The summed E-state index contributed by atoms with van der Waals surface area (Å²) in [6.45, 7) is 3.31. The van der Waals surface area contributed by atoms with Gasteiger partial charge in [0.1, 0.15) is 0 Å². The normalized spacial score (nSPS) is 23.0. The summed E-state index contributed by atoms with van der Waals surface area (Å²) < 4.78 is 0. The van der Waals surface area contributed by atoms with Crippen molar-refractivity contribution in [1.29, 1.82) is 0 Å². The van der Waals surface area contributed by atoms with Gasteiger partial charge in [0.25, 0.3) is 0 Å². The average Bonchev–Trinajstić information content (AvgIpc) is 3.06. The Kier molecular flexibility index (Phi) is 4.07. The third kappa shape index (κ3) is 2.79. The van der Waals surface area contributed by atoms with E-state index in [-0.39, 0.29) is 0 Å². The van der Waals surface area contributed by atoms with E-state index >= 15 is 0 Å². The maximum atomic E-state index is 5.68. The lowest BCUT2D eigenvalue weighted by molar-refractivity contribution is 0.520. The van der Waals surface area contributed by atoms with Gasteiger partial charge in [-0.1, -0.05) is 31.0 Å². The number of nitrogens with zero attached hydrogens (tertiary/aromatic N) is 1. The van der Waals surface area contributed by atoms with Crippen molar-refractivity contribution >= 4 is 5.69 Å². The number of benzene rings is 1. The molecule has 1 aliphatic carbocycles. The molecule has 1 saturated carbocycles. The van der Waals surface area contributed by atoms with Crippen LogP contribution in [0.2, 0.25) is 0 Å². The van der Waals surface area contributed by atoms with Gasteiger partial charge in [-0.3, -0.25) is 0 Å². The third-order valence-electron chi connectivity index (χ3n) is 4.87. The molecule has 0 bridgehead atoms. The summed E-state index contributed by atoms with van der Waals surface area (Å²) in [7, 11) is 0. The molecule has 1 fully saturated rings. The maximum Gasteiger partial charge on any atom is 0.0402 e. The van der Waals surface area contributed by atoms with Crippen molar-refractivity contribution in [2.45, 2.75) is 44.4 Å². The molecule has 104 valence electrons. The van der Waals surface area contributed by atoms with Gasteiger partial charge in [0.05, 0.1) is 0 Å². The molecule has 19 heavy (non-hydrogen) atoms. The molecule has 2 N–H and O–H groups in total. The van der Waals surface area contributed by atoms with Crippen LogP contribution in [-0.4, -0.2) is 19.6 Å². The van der Waals surface area contributed by atoms with Gasteiger partial charge >= 0.3 is 0 Å². The first-order valence-corrected chi connectivity index (χ1v) is 7.92. The fourth-order valence-electron chi connectivity index (χ4n) is 3.87. The number of hydrogen-bond donors (Lipinski definition) is 1. The molecule has 1 atom stereocenters. The van der Waals surface area contributed by atoms with Gasteiger partial charge < -0.3 is 10.6 Å². The van der Waals surface area contributed by atoms with E-state index in [1.54, 1.807) is 5.56 Å². The maximum absolute atomic E-state index is 5.68. The highest BCUT2D eigenvalue weighted by Crippen LogP contribution is 2.40. The van der Waals surface area contributed by atoms with Crippen LogP contribution in [0, 0.1) is 5.92 Å². The first kappa shape index (κ1) is 13.0. The molecule has 0 spiro atoms. The second-order valence-corrected chi connectivity index (χ2v) is 6.24. The van der Waals surface area contributed by atoms with Gasteiger partial charge in [0, 0.05) is 24.7 Å². The topological polar surface area (TPSA) is 29.3 Å². The zero-order valence-corrected chi connectivity index (χ0v) is 11.9. The highest BCUT2D eigenvalue weighted by molar-refractivity contribution is 5.60. The molecule has 0 amide bonds. The molecule has 0 aromatic heterocycles. The van der Waals surface area contributed by atoms with Crippen molar-refractivity contribution in [3.05, 3.63) is 29.8 Å². The zero-order chi connectivity index (χ0) is 13.1. The number of anilines is 1. The lowest BCUT2D eigenvalue weighted by Gasteiger charge is -2.23. The van der Waals surface area contributed by atoms with Crippen LogP contribution in [0.15, 0.2) is 24.3 Å². The Hall–Kier alpha value is -1.02. The molecule has 1 aromatic rings. The molecular formula is C17H26N2. The van der Waals surface area contributed by atoms with E-state index in [0.717, 1.165) is 18.9 Å². The van der Waals surface area contributed by atoms with Crippen molar-refractivity contribution in [1.82, 2.24) is 0 Å². The minimum Gasteiger partial charge on any atom is -0.370 e. The van der Waals surface area contributed by atoms with Gasteiger partial charge in [-0.15, -0.1) is 0 Å². The Balaban J connectivity index is 1.72. The first-order valence-electron chi connectivity index (χ1n) is 7.92. The number of para-hydroxylation sites is 1. The van der Waals surface area contributed by atoms with Crippen molar-refractivity contribution < 1.29 is 0 Å². The smallest absolute Gasteiger partial charge is 0.0402 e. The van der Waals surface area contributed by atoms with Crippen LogP contribution in [0.1, 0.15) is 50.0 Å². The summed E-state index contributed by atoms with van der Waals surface area (Å²) in [6, 6.07) is 9.01. The van der Waals surface area contributed by atoms with Crippen molar-refractivity contribution in [2.75, 3.05) is 24.5 Å². The highest BCUT2D eigenvalue weighted by Gasteiger charge is 2.29. The molecule has 2 nitrogen and oxygen atoms in total. The number of fused-ring (bicyclic) bond motifs is 1. The molecule has 2 aliphatic rings. The number of nitrogens with two attached hydrogens (primary N) is 1. The van der Waals surface area contributed by atoms with E-state index in [2.05, 4.69) is 29.2 Å². The third-order valence-corrected chi connectivity index (χ3v) is 4.87. The summed E-state index contributed by atoms with van der Waals surface area (Å²) >= 11 is 0. The zero-order valence-electron chi connectivity index (χ0n) is 11.9. The molecule has 0 radical (unpaired) electrons. The standard InChI is InChI=1S/C17H26N2/c18-11-5-8-15-13-19(12-14-6-1-2-7-14)17-10-4-3-9-16(15)17/h3-4,9-10,14-15H,1-2,5-8,11-13,18H2. The second kappa shape index (κ2) is 5.96. The molecule has 3 rings (SSSR count). The Bertz CT molecular complexity index is 409. The molecule has 1 aliphatic heterocycles. The first-order chi connectivity index (χ1) is 9.38. The average molecular weight is 258 g/mol. The molecule has 0 saturated heterocycles. The lowest BCUT2D eigenvalue weighted by Crippen LogP contribution is -2.27. The monoisotopic (exact) mass is 258 g/mol. The lowest BCUT2D eigenvalue weighted by atomic mass is 9.96. The van der Waals surface area contributed by atoms with E-state index in [0.29, 0.717) is 5.92 Å². The van der Waals surface area contributed by atoms with Gasteiger partial charge in [-0.05, 0) is 49.8 Å². The van der Waals surface area contributed by atoms with Crippen LogP contribution >= 0.6 is 0 Å². The van der Waals surface area contributed by atoms with Crippen molar-refractivity contribution in [2.24, 2.45) is 11.7 Å². The molecular weight excluding hydrogens is 232 g/mol. The summed E-state index contributed by atoms with van der Waals surface area (Å²) in [4.78, 5) is 2.65.